The molecule has 1 aliphatic heterocycles. The Hall–Kier alpha value is -1.46. The topological polar surface area (TPSA) is 70.0 Å². The minimum atomic E-state index is -1.17. The Balaban J connectivity index is 2.44. The third-order valence-electron chi connectivity index (χ3n) is 4.58. The zero-order chi connectivity index (χ0) is 17.4. The van der Waals surface area contributed by atoms with Crippen molar-refractivity contribution in [2.45, 2.75) is 45.3 Å². The van der Waals surface area contributed by atoms with Crippen molar-refractivity contribution in [1.29, 1.82) is 0 Å². The fourth-order valence-corrected chi connectivity index (χ4v) is 3.46. The van der Waals surface area contributed by atoms with E-state index in [1.54, 1.807) is 25.3 Å². The van der Waals surface area contributed by atoms with E-state index in [1.165, 1.54) is 4.90 Å². The van der Waals surface area contributed by atoms with Gasteiger partial charge in [0.15, 0.2) is 0 Å². The van der Waals surface area contributed by atoms with E-state index >= 15 is 0 Å². The lowest BCUT2D eigenvalue weighted by molar-refractivity contribution is -0.0696. The number of nitrogens with zero attached hydrogens (tertiary/aromatic N) is 1. The zero-order valence-electron chi connectivity index (χ0n) is 14.0. The average Bonchev–Trinajstić information content (AvgIpc) is 2.46. The summed E-state index contributed by atoms with van der Waals surface area (Å²) >= 11 is 6.09. The SMILES string of the molecule is COc1ccc(Cl)cc1C1(O)CCN(C(=O)O)C(C(C)(C)C)C1. The summed E-state index contributed by atoms with van der Waals surface area (Å²) in [7, 11) is 1.55. The maximum Gasteiger partial charge on any atom is 0.407 e. The predicted molar refractivity (Wildman–Crippen MR) is 89.1 cm³/mol. The standard InChI is InChI=1S/C17H24ClNO4/c1-16(2,3)14-10-17(22,7-8-19(14)15(20)21)12-9-11(18)5-6-13(12)23-4/h5-6,9,14,22H,7-8,10H2,1-4H3,(H,20,21). The second-order valence-corrected chi connectivity index (χ2v) is 7.62. The molecule has 1 amide bonds. The zero-order valence-corrected chi connectivity index (χ0v) is 14.7. The molecule has 0 spiro atoms. The summed E-state index contributed by atoms with van der Waals surface area (Å²) in [6.07, 6.45) is -0.340. The highest BCUT2D eigenvalue weighted by atomic mass is 35.5. The van der Waals surface area contributed by atoms with Crippen LogP contribution in [0.4, 0.5) is 4.79 Å². The number of halogens is 1. The molecule has 1 saturated heterocycles. The molecule has 0 saturated carbocycles. The lowest BCUT2D eigenvalue weighted by Crippen LogP contribution is -2.55. The molecular formula is C17H24ClNO4. The van der Waals surface area contributed by atoms with Crippen LogP contribution in [0.3, 0.4) is 0 Å². The van der Waals surface area contributed by atoms with Crippen molar-refractivity contribution in [3.05, 3.63) is 28.8 Å². The fourth-order valence-electron chi connectivity index (χ4n) is 3.28. The normalized spacial score (nSPS) is 25.3. The van der Waals surface area contributed by atoms with Crippen molar-refractivity contribution >= 4 is 17.7 Å². The van der Waals surface area contributed by atoms with Gasteiger partial charge in [0.05, 0.1) is 12.7 Å². The molecule has 0 bridgehead atoms. The van der Waals surface area contributed by atoms with Gasteiger partial charge in [-0.25, -0.2) is 4.79 Å². The quantitative estimate of drug-likeness (QED) is 0.860. The molecule has 5 nitrogen and oxygen atoms in total. The first-order chi connectivity index (χ1) is 10.6. The smallest absolute Gasteiger partial charge is 0.407 e. The van der Waals surface area contributed by atoms with E-state index < -0.39 is 11.7 Å². The van der Waals surface area contributed by atoms with Crippen LogP contribution in [0.15, 0.2) is 18.2 Å². The third-order valence-corrected chi connectivity index (χ3v) is 4.82. The highest BCUT2D eigenvalue weighted by Crippen LogP contribution is 2.45. The van der Waals surface area contributed by atoms with Crippen molar-refractivity contribution in [3.63, 3.8) is 0 Å². The molecule has 2 unspecified atom stereocenters. The number of hydrogen-bond acceptors (Lipinski definition) is 3. The Kier molecular flexibility index (Phi) is 4.83. The van der Waals surface area contributed by atoms with Crippen LogP contribution >= 0.6 is 11.6 Å². The van der Waals surface area contributed by atoms with Gasteiger partial charge in [-0.15, -0.1) is 0 Å². The van der Waals surface area contributed by atoms with Crippen LogP contribution in [0, 0.1) is 5.41 Å². The molecule has 1 aliphatic rings. The van der Waals surface area contributed by atoms with Crippen molar-refractivity contribution in [3.8, 4) is 5.75 Å². The first-order valence-corrected chi connectivity index (χ1v) is 8.02. The summed E-state index contributed by atoms with van der Waals surface area (Å²) in [6.45, 7) is 6.21. The maximum atomic E-state index is 11.5. The molecule has 0 aromatic heterocycles. The number of piperidine rings is 1. The summed E-state index contributed by atoms with van der Waals surface area (Å²) in [5, 5.41) is 21.2. The first-order valence-electron chi connectivity index (χ1n) is 7.64. The van der Waals surface area contributed by atoms with Crippen LogP contribution in [-0.4, -0.2) is 40.9 Å². The van der Waals surface area contributed by atoms with Gasteiger partial charge in [-0.1, -0.05) is 32.4 Å². The average molecular weight is 342 g/mol. The lowest BCUT2D eigenvalue weighted by atomic mass is 9.72. The molecule has 2 rings (SSSR count). The minimum absolute atomic E-state index is 0.267. The van der Waals surface area contributed by atoms with E-state index in [0.29, 0.717) is 29.2 Å². The third kappa shape index (κ3) is 3.56. The number of hydrogen-bond donors (Lipinski definition) is 2. The van der Waals surface area contributed by atoms with E-state index in [-0.39, 0.29) is 18.0 Å². The van der Waals surface area contributed by atoms with Gasteiger partial charge in [0.2, 0.25) is 0 Å². The van der Waals surface area contributed by atoms with E-state index in [0.717, 1.165) is 0 Å². The first kappa shape index (κ1) is 17.9. The molecule has 128 valence electrons. The van der Waals surface area contributed by atoms with Crippen LogP contribution in [0.1, 0.15) is 39.2 Å². The molecule has 23 heavy (non-hydrogen) atoms. The molecule has 1 aromatic rings. The van der Waals surface area contributed by atoms with Gasteiger partial charge in [-0.05, 0) is 30.0 Å². The molecule has 1 aromatic carbocycles. The monoisotopic (exact) mass is 341 g/mol. The number of rotatable bonds is 2. The summed E-state index contributed by atoms with van der Waals surface area (Å²) in [5.74, 6) is 0.563. The molecule has 0 radical (unpaired) electrons. The Morgan fingerprint density at radius 3 is 2.61 bits per heavy atom. The predicted octanol–water partition coefficient (Wildman–Crippen LogP) is 3.72. The van der Waals surface area contributed by atoms with E-state index in [2.05, 4.69) is 0 Å². The van der Waals surface area contributed by atoms with Crippen molar-refractivity contribution < 1.29 is 19.7 Å². The molecule has 0 aliphatic carbocycles. The van der Waals surface area contributed by atoms with Crippen LogP contribution in [-0.2, 0) is 5.60 Å². The second kappa shape index (κ2) is 6.21. The Bertz CT molecular complexity index is 599. The van der Waals surface area contributed by atoms with Gasteiger partial charge < -0.3 is 19.8 Å². The van der Waals surface area contributed by atoms with Gasteiger partial charge in [-0.3, -0.25) is 0 Å². The van der Waals surface area contributed by atoms with Crippen molar-refractivity contribution in [2.24, 2.45) is 5.41 Å². The van der Waals surface area contributed by atoms with E-state index in [9.17, 15) is 15.0 Å². The van der Waals surface area contributed by atoms with E-state index in [4.69, 9.17) is 16.3 Å². The lowest BCUT2D eigenvalue weighted by Gasteiger charge is -2.48. The van der Waals surface area contributed by atoms with Gasteiger partial charge >= 0.3 is 6.09 Å². The van der Waals surface area contributed by atoms with Crippen LogP contribution < -0.4 is 4.74 Å². The Morgan fingerprint density at radius 1 is 1.43 bits per heavy atom. The number of amides is 1. The number of benzene rings is 1. The Labute approximate surface area is 141 Å². The van der Waals surface area contributed by atoms with Crippen molar-refractivity contribution in [2.75, 3.05) is 13.7 Å². The van der Waals surface area contributed by atoms with Gasteiger partial charge in [0, 0.05) is 29.6 Å². The molecule has 1 heterocycles. The van der Waals surface area contributed by atoms with Gasteiger partial charge in [-0.2, -0.15) is 0 Å². The van der Waals surface area contributed by atoms with Gasteiger partial charge in [0.25, 0.3) is 0 Å². The fraction of sp³-hybridized carbons (Fsp3) is 0.588. The number of ether oxygens (including phenoxy) is 1. The minimum Gasteiger partial charge on any atom is -0.496 e. The molecule has 2 atom stereocenters. The highest BCUT2D eigenvalue weighted by Gasteiger charge is 2.46. The number of carbonyl (C=O) groups is 1. The number of aliphatic hydroxyl groups is 1. The maximum absolute atomic E-state index is 11.5. The molecular weight excluding hydrogens is 318 g/mol. The highest BCUT2D eigenvalue weighted by molar-refractivity contribution is 6.30. The van der Waals surface area contributed by atoms with Crippen LogP contribution in [0.5, 0.6) is 5.75 Å². The summed E-state index contributed by atoms with van der Waals surface area (Å²) < 4.78 is 5.37. The van der Waals surface area contributed by atoms with E-state index in [1.807, 2.05) is 20.8 Å². The molecule has 6 heteroatoms. The molecule has 2 N–H and O–H groups in total. The summed E-state index contributed by atoms with van der Waals surface area (Å²) in [4.78, 5) is 13.0. The van der Waals surface area contributed by atoms with Crippen molar-refractivity contribution in [1.82, 2.24) is 4.90 Å². The number of methoxy groups -OCH3 is 1. The van der Waals surface area contributed by atoms with Crippen LogP contribution in [0.2, 0.25) is 5.02 Å². The van der Waals surface area contributed by atoms with Crippen LogP contribution in [0.25, 0.3) is 0 Å². The largest absolute Gasteiger partial charge is 0.496 e. The van der Waals surface area contributed by atoms with Gasteiger partial charge in [0.1, 0.15) is 5.75 Å². The number of likely N-dealkylation sites (tertiary alicyclic amines) is 1. The number of carboxylic acid groups (broad SMARTS) is 1. The Morgan fingerprint density at radius 2 is 2.09 bits per heavy atom. The molecule has 1 fully saturated rings. The summed E-state index contributed by atoms with van der Waals surface area (Å²) in [6, 6.07) is 4.84. The summed E-state index contributed by atoms with van der Waals surface area (Å²) in [5.41, 5.74) is -0.842. The second-order valence-electron chi connectivity index (χ2n) is 7.19.